The van der Waals surface area contributed by atoms with Crippen molar-refractivity contribution < 1.29 is 14.6 Å². The Kier molecular flexibility index (Phi) is 4.76. The number of ether oxygens (including phenoxy) is 2. The average molecular weight is 276 g/mol. The standard InChI is InChI=1S/C15H20N2O3/c1-4-17-14(13(20-3)9-16-17)15(18)12-7-5-11(6-8-12)10-19-2/h5-9,15,18H,4,10H2,1-3H3. The largest absolute Gasteiger partial charge is 0.493 e. The summed E-state index contributed by atoms with van der Waals surface area (Å²) in [6.07, 6.45) is 0.866. The molecule has 0 fully saturated rings. The van der Waals surface area contributed by atoms with Crippen molar-refractivity contribution in [2.75, 3.05) is 14.2 Å². The number of methoxy groups -OCH3 is 2. The van der Waals surface area contributed by atoms with E-state index in [0.717, 1.165) is 11.1 Å². The molecule has 1 N–H and O–H groups in total. The normalized spacial score (nSPS) is 12.4. The molecule has 0 radical (unpaired) electrons. The van der Waals surface area contributed by atoms with Gasteiger partial charge in [-0.25, -0.2) is 0 Å². The van der Waals surface area contributed by atoms with Crippen molar-refractivity contribution in [2.24, 2.45) is 0 Å². The van der Waals surface area contributed by atoms with E-state index in [1.807, 2.05) is 31.2 Å². The maximum atomic E-state index is 10.6. The third-order valence-electron chi connectivity index (χ3n) is 3.23. The van der Waals surface area contributed by atoms with Crippen molar-refractivity contribution in [1.29, 1.82) is 0 Å². The Morgan fingerprint density at radius 3 is 2.50 bits per heavy atom. The van der Waals surface area contributed by atoms with Crippen LogP contribution >= 0.6 is 0 Å². The Hall–Kier alpha value is -1.85. The summed E-state index contributed by atoms with van der Waals surface area (Å²) < 4.78 is 12.1. The van der Waals surface area contributed by atoms with Gasteiger partial charge < -0.3 is 14.6 Å². The first kappa shape index (κ1) is 14.6. The van der Waals surface area contributed by atoms with Gasteiger partial charge in [0.15, 0.2) is 5.75 Å². The molecule has 20 heavy (non-hydrogen) atoms. The highest BCUT2D eigenvalue weighted by Gasteiger charge is 2.20. The number of aliphatic hydroxyl groups excluding tert-OH is 1. The molecule has 1 heterocycles. The summed E-state index contributed by atoms with van der Waals surface area (Å²) in [6.45, 7) is 3.22. The van der Waals surface area contributed by atoms with E-state index in [-0.39, 0.29) is 0 Å². The van der Waals surface area contributed by atoms with Gasteiger partial charge in [-0.2, -0.15) is 5.10 Å². The number of nitrogens with zero attached hydrogens (tertiary/aromatic N) is 2. The van der Waals surface area contributed by atoms with Crippen LogP contribution in [-0.2, 0) is 17.9 Å². The highest BCUT2D eigenvalue weighted by molar-refractivity contribution is 5.35. The van der Waals surface area contributed by atoms with Crippen molar-refractivity contribution >= 4 is 0 Å². The summed E-state index contributed by atoms with van der Waals surface area (Å²) >= 11 is 0. The van der Waals surface area contributed by atoms with Gasteiger partial charge in [-0.1, -0.05) is 24.3 Å². The molecule has 0 aliphatic rings. The Labute approximate surface area is 118 Å². The molecule has 1 atom stereocenters. The van der Waals surface area contributed by atoms with E-state index in [1.165, 1.54) is 0 Å². The zero-order valence-corrected chi connectivity index (χ0v) is 12.0. The van der Waals surface area contributed by atoms with Crippen LogP contribution in [-0.4, -0.2) is 29.1 Å². The maximum absolute atomic E-state index is 10.6. The summed E-state index contributed by atoms with van der Waals surface area (Å²) in [7, 11) is 3.24. The smallest absolute Gasteiger partial charge is 0.163 e. The molecule has 0 amide bonds. The molecular weight excluding hydrogens is 256 g/mol. The minimum Gasteiger partial charge on any atom is -0.493 e. The van der Waals surface area contributed by atoms with Crippen molar-refractivity contribution in [3.8, 4) is 5.75 Å². The number of aryl methyl sites for hydroxylation is 1. The van der Waals surface area contributed by atoms with E-state index in [9.17, 15) is 5.11 Å². The Morgan fingerprint density at radius 1 is 1.25 bits per heavy atom. The molecule has 0 aliphatic carbocycles. The van der Waals surface area contributed by atoms with Crippen LogP contribution in [0.25, 0.3) is 0 Å². The van der Waals surface area contributed by atoms with E-state index in [1.54, 1.807) is 25.1 Å². The zero-order chi connectivity index (χ0) is 14.5. The van der Waals surface area contributed by atoms with Gasteiger partial charge in [0.25, 0.3) is 0 Å². The summed E-state index contributed by atoms with van der Waals surface area (Å²) in [5.74, 6) is 0.598. The molecule has 1 unspecified atom stereocenters. The second-order valence-electron chi connectivity index (χ2n) is 4.49. The van der Waals surface area contributed by atoms with E-state index in [4.69, 9.17) is 9.47 Å². The fraction of sp³-hybridized carbons (Fsp3) is 0.400. The molecule has 5 nitrogen and oxygen atoms in total. The lowest BCUT2D eigenvalue weighted by molar-refractivity contribution is 0.184. The molecule has 1 aromatic heterocycles. The lowest BCUT2D eigenvalue weighted by Crippen LogP contribution is -2.10. The average Bonchev–Trinajstić information content (AvgIpc) is 2.90. The second kappa shape index (κ2) is 6.54. The first-order valence-corrected chi connectivity index (χ1v) is 6.56. The van der Waals surface area contributed by atoms with Gasteiger partial charge in [0.05, 0.1) is 19.9 Å². The molecule has 2 rings (SSSR count). The van der Waals surface area contributed by atoms with Gasteiger partial charge in [-0.15, -0.1) is 0 Å². The van der Waals surface area contributed by atoms with Crippen LogP contribution in [0.15, 0.2) is 30.5 Å². The van der Waals surface area contributed by atoms with Gasteiger partial charge in [0.2, 0.25) is 0 Å². The number of hydrogen-bond acceptors (Lipinski definition) is 4. The highest BCUT2D eigenvalue weighted by Crippen LogP contribution is 2.30. The lowest BCUT2D eigenvalue weighted by atomic mass is 10.0. The molecule has 0 saturated carbocycles. The minimum absolute atomic E-state index is 0.562. The first-order chi connectivity index (χ1) is 9.71. The highest BCUT2D eigenvalue weighted by atomic mass is 16.5. The third-order valence-corrected chi connectivity index (χ3v) is 3.23. The van der Waals surface area contributed by atoms with Crippen molar-refractivity contribution in [1.82, 2.24) is 9.78 Å². The molecule has 1 aromatic carbocycles. The van der Waals surface area contributed by atoms with Crippen LogP contribution < -0.4 is 4.74 Å². The molecular formula is C15H20N2O3. The molecule has 0 bridgehead atoms. The van der Waals surface area contributed by atoms with Crippen LogP contribution in [0.4, 0.5) is 0 Å². The number of aromatic nitrogens is 2. The fourth-order valence-electron chi connectivity index (χ4n) is 2.18. The number of rotatable bonds is 6. The first-order valence-electron chi connectivity index (χ1n) is 6.56. The fourth-order valence-corrected chi connectivity index (χ4v) is 2.18. The Bertz CT molecular complexity index is 527. The van der Waals surface area contributed by atoms with Crippen molar-refractivity contribution in [3.63, 3.8) is 0 Å². The predicted octanol–water partition coefficient (Wildman–Crippen LogP) is 2.14. The van der Waals surface area contributed by atoms with Crippen LogP contribution in [0.2, 0.25) is 0 Å². The molecule has 0 spiro atoms. The molecule has 108 valence electrons. The topological polar surface area (TPSA) is 56.5 Å². The van der Waals surface area contributed by atoms with E-state index >= 15 is 0 Å². The third kappa shape index (κ3) is 2.84. The van der Waals surface area contributed by atoms with E-state index in [2.05, 4.69) is 5.10 Å². The van der Waals surface area contributed by atoms with Gasteiger partial charge in [-0.3, -0.25) is 4.68 Å². The van der Waals surface area contributed by atoms with Gasteiger partial charge in [0.1, 0.15) is 11.8 Å². The lowest BCUT2D eigenvalue weighted by Gasteiger charge is -2.15. The number of benzene rings is 1. The monoisotopic (exact) mass is 276 g/mol. The molecule has 2 aromatic rings. The summed E-state index contributed by atoms with van der Waals surface area (Å²) in [4.78, 5) is 0. The summed E-state index contributed by atoms with van der Waals surface area (Å²) in [5, 5.41) is 14.8. The van der Waals surface area contributed by atoms with Crippen LogP contribution in [0.5, 0.6) is 5.75 Å². The predicted molar refractivity (Wildman–Crippen MR) is 75.7 cm³/mol. The quantitative estimate of drug-likeness (QED) is 0.878. The molecule has 0 saturated heterocycles. The minimum atomic E-state index is -0.760. The summed E-state index contributed by atoms with van der Waals surface area (Å²) in [5.41, 5.74) is 2.55. The van der Waals surface area contributed by atoms with Crippen LogP contribution in [0.1, 0.15) is 29.8 Å². The maximum Gasteiger partial charge on any atom is 0.163 e. The zero-order valence-electron chi connectivity index (χ0n) is 12.0. The molecule has 5 heteroatoms. The van der Waals surface area contributed by atoms with Crippen LogP contribution in [0, 0.1) is 0 Å². The van der Waals surface area contributed by atoms with Gasteiger partial charge in [0, 0.05) is 13.7 Å². The van der Waals surface area contributed by atoms with Crippen molar-refractivity contribution in [3.05, 3.63) is 47.3 Å². The van der Waals surface area contributed by atoms with Gasteiger partial charge >= 0.3 is 0 Å². The van der Waals surface area contributed by atoms with E-state index < -0.39 is 6.10 Å². The summed E-state index contributed by atoms with van der Waals surface area (Å²) in [6, 6.07) is 7.68. The van der Waals surface area contributed by atoms with Gasteiger partial charge in [-0.05, 0) is 18.1 Å². The van der Waals surface area contributed by atoms with Crippen molar-refractivity contribution in [2.45, 2.75) is 26.2 Å². The number of aliphatic hydroxyl groups is 1. The van der Waals surface area contributed by atoms with E-state index in [0.29, 0.717) is 24.6 Å². The second-order valence-corrected chi connectivity index (χ2v) is 4.49. The SMILES string of the molecule is CCn1ncc(OC)c1C(O)c1ccc(COC)cc1. The number of hydrogen-bond donors (Lipinski definition) is 1. The van der Waals surface area contributed by atoms with Crippen LogP contribution in [0.3, 0.4) is 0 Å². The Balaban J connectivity index is 2.30. The Morgan fingerprint density at radius 2 is 1.95 bits per heavy atom. The molecule has 0 aliphatic heterocycles.